The van der Waals surface area contributed by atoms with Gasteiger partial charge in [0.2, 0.25) is 0 Å². The quantitative estimate of drug-likeness (QED) is 0.274. The molecule has 3 N–H and O–H groups in total. The Morgan fingerprint density at radius 1 is 1.15 bits per heavy atom. The molecule has 10 heteroatoms. The van der Waals surface area contributed by atoms with E-state index >= 15 is 0 Å². The molecular weight excluding hydrogens is 534 g/mol. The monoisotopic (exact) mass is 567 g/mol. The first kappa shape index (κ1) is 24.9. The number of benzene rings is 1. The average Bonchev–Trinajstić information content (AvgIpc) is 3.21. The number of ether oxygens (including phenoxy) is 1. The molecular formula is C31H33N7O2S. The van der Waals surface area contributed by atoms with Gasteiger partial charge in [-0.15, -0.1) is 11.3 Å². The zero-order chi connectivity index (χ0) is 27.8. The van der Waals surface area contributed by atoms with Crippen LogP contribution < -0.4 is 15.8 Å². The topological polar surface area (TPSA) is 103 Å². The van der Waals surface area contributed by atoms with E-state index in [9.17, 15) is 4.79 Å². The largest absolute Gasteiger partial charge is 0.494 e. The fraction of sp³-hybridized carbons (Fsp3) is 0.387. The molecule has 3 fully saturated rings. The number of nitrogens with two attached hydrogens (primary N) is 1. The molecule has 3 atom stereocenters. The SMILES string of the molecule is COc1cc(C(=O)N2C[C@H]3CC[C@@H]2[C@@H]3N)cc2nc(-c3cc4scc(Nc5ccncc5)c4n3CC3CC3)n(C)c12. The second kappa shape index (κ2) is 9.32. The van der Waals surface area contributed by atoms with Crippen molar-refractivity contribution in [3.05, 3.63) is 53.7 Å². The van der Waals surface area contributed by atoms with E-state index in [-0.39, 0.29) is 18.0 Å². The minimum absolute atomic E-state index is 0.0181. The Balaban J connectivity index is 1.23. The van der Waals surface area contributed by atoms with Gasteiger partial charge in [0.25, 0.3) is 5.91 Å². The highest BCUT2D eigenvalue weighted by Crippen LogP contribution is 2.43. The van der Waals surface area contributed by atoms with Gasteiger partial charge in [-0.1, -0.05) is 0 Å². The van der Waals surface area contributed by atoms with Crippen LogP contribution in [0.25, 0.3) is 32.8 Å². The number of pyridine rings is 1. The van der Waals surface area contributed by atoms with Crippen molar-refractivity contribution < 1.29 is 9.53 Å². The number of imidazole rings is 1. The van der Waals surface area contributed by atoms with Gasteiger partial charge in [-0.2, -0.15) is 0 Å². The number of nitrogens with zero attached hydrogens (tertiary/aromatic N) is 5. The number of anilines is 2. The number of amides is 1. The number of rotatable bonds is 7. The van der Waals surface area contributed by atoms with E-state index in [0.29, 0.717) is 23.1 Å². The van der Waals surface area contributed by atoms with Gasteiger partial charge < -0.3 is 29.8 Å². The number of fused-ring (bicyclic) bond motifs is 4. The maximum absolute atomic E-state index is 13.7. The molecule has 1 aliphatic heterocycles. The summed E-state index contributed by atoms with van der Waals surface area (Å²) in [6, 6.07) is 10.2. The molecule has 1 amide bonds. The summed E-state index contributed by atoms with van der Waals surface area (Å²) in [5.74, 6) is 2.62. The lowest BCUT2D eigenvalue weighted by Gasteiger charge is -2.27. The standard InChI is InChI=1S/C31H33N7O2S/c1-36-28-21(11-19(12-25(28)40-2)31(39)38-15-18-5-6-23(38)27(18)32)35-30(36)24-13-26-29(37(24)14-17-3-4-17)22(16-41-26)34-20-7-9-33-10-8-20/h7-13,16-18,23,27H,3-6,14-15,32H2,1-2H3,(H,33,34)/t18-,23-,27-/m1/s1. The second-order valence-electron chi connectivity index (χ2n) is 11.8. The van der Waals surface area contributed by atoms with Crippen molar-refractivity contribution in [2.24, 2.45) is 24.6 Å². The number of hydrogen-bond donors (Lipinski definition) is 2. The van der Waals surface area contributed by atoms with Crippen molar-refractivity contribution in [1.82, 2.24) is 24.0 Å². The number of carbonyl (C=O) groups is 1. The van der Waals surface area contributed by atoms with E-state index in [0.717, 1.165) is 59.9 Å². The third kappa shape index (κ3) is 3.95. The van der Waals surface area contributed by atoms with Crippen molar-refractivity contribution in [1.29, 1.82) is 0 Å². The van der Waals surface area contributed by atoms with Gasteiger partial charge in [0, 0.05) is 61.2 Å². The van der Waals surface area contributed by atoms with E-state index in [1.54, 1.807) is 30.8 Å². The van der Waals surface area contributed by atoms with Crippen LogP contribution >= 0.6 is 11.3 Å². The average molecular weight is 568 g/mol. The molecule has 1 saturated heterocycles. The molecule has 9 nitrogen and oxygen atoms in total. The number of piperidine rings is 1. The summed E-state index contributed by atoms with van der Waals surface area (Å²) < 4.78 is 11.6. The fourth-order valence-corrected chi connectivity index (χ4v) is 7.88. The number of thiophene rings is 1. The van der Waals surface area contributed by atoms with Gasteiger partial charge in [-0.05, 0) is 67.9 Å². The molecule has 4 aromatic heterocycles. The molecule has 1 aromatic carbocycles. The molecule has 3 aliphatic rings. The van der Waals surface area contributed by atoms with Crippen LogP contribution in [0.5, 0.6) is 5.75 Å². The van der Waals surface area contributed by atoms with Crippen LogP contribution in [0, 0.1) is 11.8 Å². The van der Waals surface area contributed by atoms with Crippen LogP contribution in [-0.2, 0) is 13.6 Å². The third-order valence-corrected chi connectivity index (χ3v) is 10.2. The Morgan fingerprint density at radius 3 is 2.68 bits per heavy atom. The maximum atomic E-state index is 13.7. The molecule has 8 rings (SSSR count). The van der Waals surface area contributed by atoms with Gasteiger partial charge in [-0.25, -0.2) is 4.98 Å². The number of methoxy groups -OCH3 is 1. The van der Waals surface area contributed by atoms with E-state index in [2.05, 4.69) is 30.9 Å². The Labute approximate surface area is 241 Å². The van der Waals surface area contributed by atoms with Crippen molar-refractivity contribution in [2.75, 3.05) is 19.0 Å². The number of carbonyl (C=O) groups excluding carboxylic acids is 1. The van der Waals surface area contributed by atoms with Crippen molar-refractivity contribution in [2.45, 2.75) is 44.3 Å². The molecule has 2 saturated carbocycles. The highest BCUT2D eigenvalue weighted by atomic mass is 32.1. The van der Waals surface area contributed by atoms with Crippen LogP contribution in [0.3, 0.4) is 0 Å². The Morgan fingerprint density at radius 2 is 1.98 bits per heavy atom. The highest BCUT2D eigenvalue weighted by molar-refractivity contribution is 7.17. The molecule has 0 spiro atoms. The van der Waals surface area contributed by atoms with Gasteiger partial charge >= 0.3 is 0 Å². The molecule has 5 aromatic rings. The zero-order valence-electron chi connectivity index (χ0n) is 23.2. The number of likely N-dealkylation sites (tertiary alicyclic amines) is 1. The lowest BCUT2D eigenvalue weighted by molar-refractivity contribution is 0.0700. The first-order chi connectivity index (χ1) is 20.0. The predicted molar refractivity (Wildman–Crippen MR) is 162 cm³/mol. The number of hydrogen-bond acceptors (Lipinski definition) is 7. The van der Waals surface area contributed by atoms with E-state index in [4.69, 9.17) is 15.5 Å². The molecule has 210 valence electrons. The minimum Gasteiger partial charge on any atom is -0.494 e. The molecule has 2 bridgehead atoms. The van der Waals surface area contributed by atoms with E-state index < -0.39 is 0 Å². The Bertz CT molecular complexity index is 1800. The van der Waals surface area contributed by atoms with Crippen LogP contribution in [0.2, 0.25) is 0 Å². The summed E-state index contributed by atoms with van der Waals surface area (Å²) in [5.41, 5.74) is 13.0. The number of nitrogens with one attached hydrogen (secondary N) is 1. The summed E-state index contributed by atoms with van der Waals surface area (Å²) in [5, 5.41) is 5.78. The van der Waals surface area contributed by atoms with Gasteiger partial charge in [0.05, 0.1) is 34.2 Å². The molecule has 0 unspecified atom stereocenters. The van der Waals surface area contributed by atoms with Crippen molar-refractivity contribution in [3.63, 3.8) is 0 Å². The van der Waals surface area contributed by atoms with Gasteiger partial charge in [0.15, 0.2) is 5.82 Å². The van der Waals surface area contributed by atoms with Crippen LogP contribution in [0.4, 0.5) is 11.4 Å². The van der Waals surface area contributed by atoms with Crippen molar-refractivity contribution in [3.8, 4) is 17.3 Å². The lowest BCUT2D eigenvalue weighted by atomic mass is 10.1. The summed E-state index contributed by atoms with van der Waals surface area (Å²) in [6.07, 6.45) is 8.20. The van der Waals surface area contributed by atoms with E-state index in [1.165, 1.54) is 23.1 Å². The van der Waals surface area contributed by atoms with Crippen molar-refractivity contribution >= 4 is 49.9 Å². The Hall–Kier alpha value is -3.89. The van der Waals surface area contributed by atoms with E-state index in [1.807, 2.05) is 36.2 Å². The summed E-state index contributed by atoms with van der Waals surface area (Å²) in [6.45, 7) is 1.68. The number of aromatic nitrogens is 4. The molecule has 5 heterocycles. The molecule has 41 heavy (non-hydrogen) atoms. The summed E-state index contributed by atoms with van der Waals surface area (Å²) >= 11 is 1.74. The fourth-order valence-electron chi connectivity index (χ4n) is 6.95. The first-order valence-corrected chi connectivity index (χ1v) is 15.3. The normalized spacial score (nSPS) is 21.8. The number of aryl methyl sites for hydroxylation is 1. The molecule has 0 radical (unpaired) electrons. The highest BCUT2D eigenvalue weighted by Gasteiger charge is 2.47. The maximum Gasteiger partial charge on any atom is 0.254 e. The smallest absolute Gasteiger partial charge is 0.254 e. The second-order valence-corrected chi connectivity index (χ2v) is 12.7. The Kier molecular flexibility index (Phi) is 5.65. The minimum atomic E-state index is 0.0181. The van der Waals surface area contributed by atoms with Gasteiger partial charge in [0.1, 0.15) is 11.3 Å². The van der Waals surface area contributed by atoms with Crippen LogP contribution in [-0.4, -0.2) is 55.6 Å². The molecule has 2 aliphatic carbocycles. The van der Waals surface area contributed by atoms with Crippen LogP contribution in [0.15, 0.2) is 48.1 Å². The predicted octanol–water partition coefficient (Wildman–Crippen LogP) is 5.38. The third-order valence-electron chi connectivity index (χ3n) is 9.26. The zero-order valence-corrected chi connectivity index (χ0v) is 24.0. The summed E-state index contributed by atoms with van der Waals surface area (Å²) in [7, 11) is 3.69. The van der Waals surface area contributed by atoms with Gasteiger partial charge in [-0.3, -0.25) is 9.78 Å². The lowest BCUT2D eigenvalue weighted by Crippen LogP contribution is -2.41. The summed E-state index contributed by atoms with van der Waals surface area (Å²) in [4.78, 5) is 24.9. The first-order valence-electron chi connectivity index (χ1n) is 14.4. The van der Waals surface area contributed by atoms with Crippen LogP contribution in [0.1, 0.15) is 36.0 Å².